The van der Waals surface area contributed by atoms with Crippen LogP contribution < -0.4 is 14.4 Å². The van der Waals surface area contributed by atoms with Gasteiger partial charge in [0.25, 0.3) is 10.0 Å². The molecule has 4 rings (SSSR count). The number of sulfonamides is 1. The number of hydrogen-bond donors (Lipinski definition) is 1. The van der Waals surface area contributed by atoms with Gasteiger partial charge in [-0.25, -0.2) is 8.42 Å². The van der Waals surface area contributed by atoms with Crippen molar-refractivity contribution in [3.05, 3.63) is 89.4 Å². The predicted molar refractivity (Wildman–Crippen MR) is 165 cm³/mol. The largest absolute Gasteiger partial charge is 0.495 e. The summed E-state index contributed by atoms with van der Waals surface area (Å²) in [5.74, 6) is -0.513. The predicted octanol–water partition coefficient (Wildman–Crippen LogP) is 5.80. The summed E-state index contributed by atoms with van der Waals surface area (Å²) in [7, 11) is -2.81. The van der Waals surface area contributed by atoms with E-state index >= 15 is 0 Å². The van der Waals surface area contributed by atoms with Crippen molar-refractivity contribution in [3.63, 3.8) is 0 Å². The second-order valence-corrected chi connectivity index (χ2v) is 12.7. The lowest BCUT2D eigenvalue weighted by molar-refractivity contribution is -0.140. The second-order valence-electron chi connectivity index (χ2n) is 10.4. The van der Waals surface area contributed by atoms with Crippen LogP contribution in [0.15, 0.2) is 83.8 Å². The van der Waals surface area contributed by atoms with Crippen molar-refractivity contribution < 1.29 is 22.7 Å². The first-order chi connectivity index (χ1) is 20.2. The fourth-order valence-corrected chi connectivity index (χ4v) is 6.94. The lowest BCUT2D eigenvalue weighted by atomic mass is 9.95. The molecule has 0 bridgehead atoms. The highest BCUT2D eigenvalue weighted by molar-refractivity contribution is 7.92. The van der Waals surface area contributed by atoms with E-state index in [1.54, 1.807) is 30.3 Å². The summed E-state index contributed by atoms with van der Waals surface area (Å²) in [6.45, 7) is 1.44. The third-order valence-corrected chi connectivity index (χ3v) is 9.56. The van der Waals surface area contributed by atoms with Gasteiger partial charge in [-0.1, -0.05) is 86.3 Å². The Morgan fingerprint density at radius 2 is 1.62 bits per heavy atom. The van der Waals surface area contributed by atoms with Crippen molar-refractivity contribution in [2.24, 2.45) is 0 Å². The zero-order valence-corrected chi connectivity index (χ0v) is 25.6. The molecule has 0 saturated heterocycles. The van der Waals surface area contributed by atoms with Crippen molar-refractivity contribution in [2.75, 3.05) is 18.0 Å². The Bertz CT molecular complexity index is 1450. The van der Waals surface area contributed by atoms with Crippen LogP contribution in [0.3, 0.4) is 0 Å². The number of benzene rings is 3. The molecule has 1 saturated carbocycles. The van der Waals surface area contributed by atoms with Gasteiger partial charge in [0.1, 0.15) is 18.3 Å². The number of anilines is 1. The average Bonchev–Trinajstić information content (AvgIpc) is 3.01. The monoisotopic (exact) mass is 611 g/mol. The summed E-state index contributed by atoms with van der Waals surface area (Å²) < 4.78 is 34.6. The maximum atomic E-state index is 14.3. The maximum Gasteiger partial charge on any atom is 0.264 e. The number of halogens is 1. The number of rotatable bonds is 12. The van der Waals surface area contributed by atoms with E-state index < -0.39 is 28.5 Å². The van der Waals surface area contributed by atoms with Gasteiger partial charge in [-0.2, -0.15) is 0 Å². The topological polar surface area (TPSA) is 96.0 Å². The van der Waals surface area contributed by atoms with E-state index in [0.29, 0.717) is 6.42 Å². The molecule has 0 aromatic heterocycles. The first kappa shape index (κ1) is 31.4. The number of amides is 2. The summed E-state index contributed by atoms with van der Waals surface area (Å²) in [4.78, 5) is 29.4. The van der Waals surface area contributed by atoms with E-state index in [-0.39, 0.29) is 39.8 Å². The number of carbonyl (C=O) groups excluding carboxylic acids is 2. The van der Waals surface area contributed by atoms with Gasteiger partial charge in [-0.15, -0.1) is 0 Å². The summed E-state index contributed by atoms with van der Waals surface area (Å²) in [5.41, 5.74) is 0.953. The molecule has 0 radical (unpaired) electrons. The Balaban J connectivity index is 1.73. The molecule has 1 N–H and O–H groups in total. The molecule has 224 valence electrons. The van der Waals surface area contributed by atoms with E-state index in [9.17, 15) is 18.0 Å². The summed E-state index contributed by atoms with van der Waals surface area (Å²) in [6, 6.07) is 21.1. The van der Waals surface area contributed by atoms with E-state index in [1.807, 2.05) is 37.3 Å². The fourth-order valence-electron chi connectivity index (χ4n) is 5.33. The molecular formula is C32H38ClN3O5S. The Hall–Kier alpha value is -3.56. The molecule has 42 heavy (non-hydrogen) atoms. The van der Waals surface area contributed by atoms with Gasteiger partial charge in [0.2, 0.25) is 11.8 Å². The first-order valence-corrected chi connectivity index (χ1v) is 16.1. The third-order valence-electron chi connectivity index (χ3n) is 7.55. The molecule has 0 aliphatic heterocycles. The van der Waals surface area contributed by atoms with E-state index in [1.165, 1.54) is 30.2 Å². The van der Waals surface area contributed by atoms with Crippen LogP contribution >= 0.6 is 11.6 Å². The summed E-state index contributed by atoms with van der Waals surface area (Å²) >= 11 is 6.30. The van der Waals surface area contributed by atoms with Crippen LogP contribution in [0.2, 0.25) is 5.02 Å². The van der Waals surface area contributed by atoms with Crippen LogP contribution in [0.5, 0.6) is 5.75 Å². The van der Waals surface area contributed by atoms with E-state index in [4.69, 9.17) is 16.3 Å². The molecule has 1 aliphatic carbocycles. The molecule has 3 aromatic carbocycles. The van der Waals surface area contributed by atoms with Crippen LogP contribution in [0.1, 0.15) is 51.0 Å². The molecular weight excluding hydrogens is 574 g/mol. The highest BCUT2D eigenvalue weighted by Gasteiger charge is 2.35. The SMILES string of the molecule is CC[C@H](C(=O)NC1CCCCC1)N(Cc1ccccc1)C(=O)CN(c1cc(Cl)ccc1OC)S(=O)(=O)c1ccccc1. The lowest BCUT2D eigenvalue weighted by Gasteiger charge is -2.34. The van der Waals surface area contributed by atoms with Crippen molar-refractivity contribution in [1.82, 2.24) is 10.2 Å². The molecule has 1 atom stereocenters. The molecule has 0 unspecified atom stereocenters. The molecule has 3 aromatic rings. The highest BCUT2D eigenvalue weighted by atomic mass is 35.5. The zero-order chi connectivity index (χ0) is 30.1. The summed E-state index contributed by atoms with van der Waals surface area (Å²) in [5, 5.41) is 3.44. The van der Waals surface area contributed by atoms with Crippen LogP contribution in [0, 0.1) is 0 Å². The molecule has 10 heteroatoms. The quantitative estimate of drug-likeness (QED) is 0.279. The van der Waals surface area contributed by atoms with Crippen molar-refractivity contribution in [3.8, 4) is 5.75 Å². The van der Waals surface area contributed by atoms with Gasteiger partial charge in [-0.05, 0) is 55.2 Å². The standard InChI is InChI=1S/C32H38ClN3O5S/c1-3-28(32(38)34-26-15-9-5-10-16-26)35(22-24-13-7-4-8-14-24)31(37)23-36(29-21-25(33)19-20-30(29)41-2)42(39,40)27-17-11-6-12-18-27/h4,6-8,11-14,17-21,26,28H,3,5,9-10,15-16,22-23H2,1-2H3,(H,34,38)/t28-/m1/s1. The highest BCUT2D eigenvalue weighted by Crippen LogP contribution is 2.35. The number of ether oxygens (including phenoxy) is 1. The molecule has 1 aliphatic rings. The van der Waals surface area contributed by atoms with Gasteiger partial charge < -0.3 is 15.0 Å². The first-order valence-electron chi connectivity index (χ1n) is 14.3. The fraction of sp³-hybridized carbons (Fsp3) is 0.375. The molecule has 2 amide bonds. The number of nitrogens with one attached hydrogen (secondary N) is 1. The summed E-state index contributed by atoms with van der Waals surface area (Å²) in [6.07, 6.45) is 5.45. The number of hydrogen-bond acceptors (Lipinski definition) is 5. The Labute approximate surface area is 253 Å². The van der Waals surface area contributed by atoms with Crippen LogP contribution in [-0.4, -0.2) is 50.9 Å². The molecule has 1 fully saturated rings. The van der Waals surface area contributed by atoms with Gasteiger partial charge >= 0.3 is 0 Å². The van der Waals surface area contributed by atoms with Crippen LogP contribution in [0.4, 0.5) is 5.69 Å². The van der Waals surface area contributed by atoms with Gasteiger partial charge in [0.15, 0.2) is 0 Å². The van der Waals surface area contributed by atoms with E-state index in [0.717, 1.165) is 42.0 Å². The molecule has 0 spiro atoms. The second kappa shape index (κ2) is 14.6. The van der Waals surface area contributed by atoms with E-state index in [2.05, 4.69) is 5.32 Å². The van der Waals surface area contributed by atoms with Gasteiger partial charge in [0.05, 0.1) is 17.7 Å². The minimum absolute atomic E-state index is 0.0107. The Kier molecular flexibility index (Phi) is 10.9. The van der Waals surface area contributed by atoms with Crippen molar-refractivity contribution in [2.45, 2.75) is 69.0 Å². The third kappa shape index (κ3) is 7.63. The maximum absolute atomic E-state index is 14.3. The minimum Gasteiger partial charge on any atom is -0.495 e. The van der Waals surface area contributed by atoms with Gasteiger partial charge in [-0.3, -0.25) is 13.9 Å². The number of methoxy groups -OCH3 is 1. The average molecular weight is 612 g/mol. The van der Waals surface area contributed by atoms with Crippen LogP contribution in [-0.2, 0) is 26.2 Å². The smallest absolute Gasteiger partial charge is 0.264 e. The zero-order valence-electron chi connectivity index (χ0n) is 24.0. The number of nitrogens with zero attached hydrogens (tertiary/aromatic N) is 2. The minimum atomic E-state index is -4.23. The Morgan fingerprint density at radius 1 is 0.976 bits per heavy atom. The molecule has 8 nitrogen and oxygen atoms in total. The van der Waals surface area contributed by atoms with Crippen LogP contribution in [0.25, 0.3) is 0 Å². The lowest BCUT2D eigenvalue weighted by Crippen LogP contribution is -2.54. The van der Waals surface area contributed by atoms with Crippen molar-refractivity contribution >= 4 is 39.1 Å². The number of carbonyl (C=O) groups is 2. The van der Waals surface area contributed by atoms with Gasteiger partial charge in [0, 0.05) is 17.6 Å². The Morgan fingerprint density at radius 3 is 2.24 bits per heavy atom. The van der Waals surface area contributed by atoms with Crippen molar-refractivity contribution in [1.29, 1.82) is 0 Å². The normalized spacial score (nSPS) is 14.5. The molecule has 0 heterocycles.